The maximum Gasteiger partial charge on any atom is 0.199 e. The molecule has 5 aliphatic rings. The second-order valence-corrected chi connectivity index (χ2v) is 9.88. The Morgan fingerprint density at radius 3 is 1.91 bits per heavy atom. The molecule has 5 aliphatic carbocycles. The highest BCUT2D eigenvalue weighted by atomic mass is 32.2. The molecule has 0 N–H and O–H groups in total. The zero-order valence-corrected chi connectivity index (χ0v) is 13.4. The number of benzene rings is 1. The molecule has 23 heavy (non-hydrogen) atoms. The van der Waals surface area contributed by atoms with Gasteiger partial charge in [0.05, 0.1) is 4.90 Å². The van der Waals surface area contributed by atoms with Crippen LogP contribution in [0.25, 0.3) is 0 Å². The lowest BCUT2D eigenvalue weighted by Gasteiger charge is -2.43. The SMILES string of the molecule is O=C1[C@@H]2C[C@H]3C(=CS(=O)(=O)c4ccccc4)[C@H]4C[C@@H]1[C@H]1[C@@H]4[C@H]3[C@@H]12. The minimum Gasteiger partial charge on any atom is -0.299 e. The predicted octanol–water partition coefficient (Wildman–Crippen LogP) is 2.69. The van der Waals surface area contributed by atoms with Crippen molar-refractivity contribution in [2.45, 2.75) is 17.7 Å². The average molecular weight is 326 g/mol. The monoisotopic (exact) mass is 326 g/mol. The zero-order chi connectivity index (χ0) is 15.5. The summed E-state index contributed by atoms with van der Waals surface area (Å²) in [6.45, 7) is 0. The number of allylic oxidation sites excluding steroid dienone is 1. The standard InChI is InChI=1S/C19H18O3S/c20-19-12-6-10-14(8-23(21,22)9-4-2-1-3-5-9)11-7-13(19)18-16(11)15(10)17(12)18/h1-5,8,10-13,15-18H,6-7H2/t10-,11+,12-,13-,15+,16+,17+,18+/m1/s1. The summed E-state index contributed by atoms with van der Waals surface area (Å²) >= 11 is 0. The first kappa shape index (κ1) is 12.9. The number of carbonyl (C=O) groups is 1. The molecule has 0 unspecified atom stereocenters. The van der Waals surface area contributed by atoms with Crippen LogP contribution in [-0.4, -0.2) is 14.2 Å². The number of hydrogen-bond acceptors (Lipinski definition) is 3. The van der Waals surface area contributed by atoms with Gasteiger partial charge in [0, 0.05) is 17.2 Å². The van der Waals surface area contributed by atoms with E-state index in [0.717, 1.165) is 18.4 Å². The third kappa shape index (κ3) is 1.31. The maximum absolute atomic E-state index is 12.8. The molecule has 0 spiro atoms. The van der Waals surface area contributed by atoms with Gasteiger partial charge in [-0.1, -0.05) is 23.8 Å². The first-order valence-corrected chi connectivity index (χ1v) is 10.2. The lowest BCUT2D eigenvalue weighted by atomic mass is 9.60. The van der Waals surface area contributed by atoms with Crippen LogP contribution in [0, 0.1) is 47.3 Å². The number of rotatable bonds is 2. The van der Waals surface area contributed by atoms with Crippen LogP contribution in [0.15, 0.2) is 46.2 Å². The molecule has 5 saturated carbocycles. The van der Waals surface area contributed by atoms with E-state index in [1.807, 2.05) is 6.07 Å². The molecular formula is C19H18O3S. The zero-order valence-electron chi connectivity index (χ0n) is 12.6. The Hall–Kier alpha value is -1.42. The van der Waals surface area contributed by atoms with Crippen molar-refractivity contribution in [2.24, 2.45) is 47.3 Å². The summed E-state index contributed by atoms with van der Waals surface area (Å²) in [7, 11) is -3.37. The van der Waals surface area contributed by atoms with Crippen molar-refractivity contribution in [1.82, 2.24) is 0 Å². The summed E-state index contributed by atoms with van der Waals surface area (Å²) in [5, 5.41) is 1.59. The molecule has 6 rings (SSSR count). The third-order valence-electron chi connectivity index (χ3n) is 7.60. The number of hydrogen-bond donors (Lipinski definition) is 0. The lowest BCUT2D eigenvalue weighted by molar-refractivity contribution is -0.124. The van der Waals surface area contributed by atoms with Crippen molar-refractivity contribution in [3.63, 3.8) is 0 Å². The van der Waals surface area contributed by atoms with E-state index >= 15 is 0 Å². The summed E-state index contributed by atoms with van der Waals surface area (Å²) < 4.78 is 25.6. The van der Waals surface area contributed by atoms with Gasteiger partial charge < -0.3 is 0 Å². The van der Waals surface area contributed by atoms with Gasteiger partial charge in [0.15, 0.2) is 9.84 Å². The molecule has 8 atom stereocenters. The number of Topliss-reactive ketones (excluding diaryl/α,β-unsaturated/α-hetero) is 1. The predicted molar refractivity (Wildman–Crippen MR) is 83.9 cm³/mol. The molecule has 3 nitrogen and oxygen atoms in total. The van der Waals surface area contributed by atoms with Gasteiger partial charge in [-0.3, -0.25) is 4.79 Å². The van der Waals surface area contributed by atoms with Crippen LogP contribution < -0.4 is 0 Å². The Bertz CT molecular complexity index is 835. The van der Waals surface area contributed by atoms with Crippen molar-refractivity contribution < 1.29 is 13.2 Å². The molecule has 0 radical (unpaired) electrons. The Labute approximate surface area is 135 Å². The maximum atomic E-state index is 12.8. The second kappa shape index (κ2) is 3.80. The fraction of sp³-hybridized carbons (Fsp3) is 0.526. The van der Waals surface area contributed by atoms with Gasteiger partial charge in [-0.25, -0.2) is 8.42 Å². The topological polar surface area (TPSA) is 51.2 Å². The minimum absolute atomic E-state index is 0.250. The highest BCUT2D eigenvalue weighted by Gasteiger charge is 2.78. The molecule has 4 heteroatoms. The van der Waals surface area contributed by atoms with E-state index in [2.05, 4.69) is 0 Å². The van der Waals surface area contributed by atoms with Crippen molar-refractivity contribution in [3.8, 4) is 0 Å². The summed E-state index contributed by atoms with van der Waals surface area (Å²) in [4.78, 5) is 12.9. The van der Waals surface area contributed by atoms with Gasteiger partial charge in [0.25, 0.3) is 0 Å². The fourth-order valence-electron chi connectivity index (χ4n) is 7.11. The molecule has 1 aromatic carbocycles. The molecule has 0 bridgehead atoms. The highest BCUT2D eigenvalue weighted by molar-refractivity contribution is 7.94. The van der Waals surface area contributed by atoms with Gasteiger partial charge in [-0.2, -0.15) is 0 Å². The third-order valence-corrected chi connectivity index (χ3v) is 9.11. The van der Waals surface area contributed by atoms with Crippen molar-refractivity contribution in [1.29, 1.82) is 0 Å². The van der Waals surface area contributed by atoms with E-state index in [0.29, 0.717) is 46.2 Å². The molecule has 118 valence electrons. The molecule has 0 aliphatic heterocycles. The van der Waals surface area contributed by atoms with Crippen molar-refractivity contribution in [3.05, 3.63) is 41.3 Å². The highest BCUT2D eigenvalue weighted by Crippen LogP contribution is 2.80. The van der Waals surface area contributed by atoms with Crippen LogP contribution in [0.5, 0.6) is 0 Å². The molecule has 0 amide bonds. The van der Waals surface area contributed by atoms with E-state index in [-0.39, 0.29) is 11.8 Å². The first-order chi connectivity index (χ1) is 11.1. The second-order valence-electron chi connectivity index (χ2n) is 8.09. The Balaban J connectivity index is 1.47. The summed E-state index contributed by atoms with van der Waals surface area (Å²) in [5.41, 5.74) is 1.16. The normalized spacial score (nSPS) is 49.9. The smallest absolute Gasteiger partial charge is 0.199 e. The van der Waals surface area contributed by atoms with Gasteiger partial charge in [-0.15, -0.1) is 0 Å². The average Bonchev–Trinajstić information content (AvgIpc) is 3.14. The van der Waals surface area contributed by atoms with Crippen molar-refractivity contribution >= 4 is 15.6 Å². The molecular weight excluding hydrogens is 308 g/mol. The summed E-state index contributed by atoms with van der Waals surface area (Å²) in [5.74, 6) is 4.16. The Morgan fingerprint density at radius 2 is 1.35 bits per heavy atom. The van der Waals surface area contributed by atoms with E-state index in [1.165, 1.54) is 0 Å². The van der Waals surface area contributed by atoms with Crippen LogP contribution in [0.3, 0.4) is 0 Å². The molecule has 1 aromatic rings. The first-order valence-electron chi connectivity index (χ1n) is 8.63. The molecule has 0 aromatic heterocycles. The van der Waals surface area contributed by atoms with Crippen LogP contribution in [0.1, 0.15) is 12.8 Å². The van der Waals surface area contributed by atoms with Gasteiger partial charge in [0.1, 0.15) is 5.78 Å². The Kier molecular flexibility index (Phi) is 2.14. The molecule has 0 heterocycles. The van der Waals surface area contributed by atoms with Gasteiger partial charge in [-0.05, 0) is 60.5 Å². The van der Waals surface area contributed by atoms with Crippen LogP contribution in [-0.2, 0) is 14.6 Å². The molecule has 5 fully saturated rings. The van der Waals surface area contributed by atoms with Crippen LogP contribution in [0.2, 0.25) is 0 Å². The van der Waals surface area contributed by atoms with Crippen LogP contribution >= 0.6 is 0 Å². The number of carbonyl (C=O) groups excluding carboxylic acids is 1. The van der Waals surface area contributed by atoms with E-state index in [1.54, 1.807) is 29.7 Å². The van der Waals surface area contributed by atoms with E-state index in [9.17, 15) is 13.2 Å². The largest absolute Gasteiger partial charge is 0.299 e. The quantitative estimate of drug-likeness (QED) is 0.839. The number of ketones is 1. The Morgan fingerprint density at radius 1 is 0.826 bits per heavy atom. The number of sulfone groups is 1. The molecule has 0 saturated heterocycles. The summed E-state index contributed by atoms with van der Waals surface area (Å²) in [6, 6.07) is 8.73. The van der Waals surface area contributed by atoms with E-state index in [4.69, 9.17) is 0 Å². The minimum atomic E-state index is -3.37. The fourth-order valence-corrected chi connectivity index (χ4v) is 8.49. The van der Waals surface area contributed by atoms with Crippen LogP contribution in [0.4, 0.5) is 0 Å². The summed E-state index contributed by atoms with van der Waals surface area (Å²) in [6.07, 6.45) is 1.84. The van der Waals surface area contributed by atoms with Gasteiger partial charge >= 0.3 is 0 Å². The van der Waals surface area contributed by atoms with E-state index < -0.39 is 9.84 Å². The van der Waals surface area contributed by atoms with Gasteiger partial charge in [0.2, 0.25) is 0 Å². The van der Waals surface area contributed by atoms with Crippen molar-refractivity contribution in [2.75, 3.05) is 0 Å². The lowest BCUT2D eigenvalue weighted by Crippen LogP contribution is -2.41.